The third-order valence-corrected chi connectivity index (χ3v) is 6.68. The number of nitrogens with zero attached hydrogens (tertiary/aromatic N) is 3. The van der Waals surface area contributed by atoms with Crippen LogP contribution >= 0.6 is 11.3 Å². The van der Waals surface area contributed by atoms with Gasteiger partial charge in [0.05, 0.1) is 46.0 Å². The number of esters is 2. The summed E-state index contributed by atoms with van der Waals surface area (Å²) in [5.41, 5.74) is 0.605. The Labute approximate surface area is 220 Å². The predicted octanol–water partition coefficient (Wildman–Crippen LogP) is 2.64. The van der Waals surface area contributed by atoms with Crippen molar-refractivity contribution in [2.24, 2.45) is 4.99 Å². The number of carbonyl (C=O) groups excluding carboxylic acids is 2. The van der Waals surface area contributed by atoms with E-state index in [2.05, 4.69) is 4.99 Å². The molecule has 3 aromatic rings. The number of aromatic nitrogens is 1. The van der Waals surface area contributed by atoms with Gasteiger partial charge in [0.15, 0.2) is 16.3 Å². The minimum atomic E-state index is -0.946. The number of ether oxygens (including phenoxy) is 3. The molecule has 0 radical (unpaired) electrons. The molecule has 1 aliphatic heterocycles. The lowest BCUT2D eigenvalue weighted by atomic mass is 9.95. The Morgan fingerprint density at radius 1 is 1.21 bits per heavy atom. The Bertz CT molecular complexity index is 1670. The number of nitro groups is 1. The van der Waals surface area contributed by atoms with Crippen LogP contribution in [0.25, 0.3) is 6.08 Å². The monoisotopic (exact) mass is 537 g/mol. The van der Waals surface area contributed by atoms with Gasteiger partial charge in [-0.15, -0.1) is 0 Å². The van der Waals surface area contributed by atoms with Gasteiger partial charge in [0.2, 0.25) is 0 Å². The summed E-state index contributed by atoms with van der Waals surface area (Å²) in [5, 5.41) is 11.5. The van der Waals surface area contributed by atoms with E-state index in [0.717, 1.165) is 11.3 Å². The third-order valence-electron chi connectivity index (χ3n) is 5.69. The van der Waals surface area contributed by atoms with Crippen molar-refractivity contribution < 1.29 is 28.7 Å². The highest BCUT2D eigenvalue weighted by Gasteiger charge is 2.34. The van der Waals surface area contributed by atoms with Crippen molar-refractivity contribution in [3.8, 4) is 11.5 Å². The molecule has 0 amide bonds. The maximum atomic E-state index is 13.7. The number of hydrogen-bond donors (Lipinski definition) is 0. The summed E-state index contributed by atoms with van der Waals surface area (Å²) in [6.07, 6.45) is 1.44. The molecule has 196 valence electrons. The molecule has 11 nitrogen and oxygen atoms in total. The largest absolute Gasteiger partial charge is 0.493 e. The molecule has 12 heteroatoms. The highest BCUT2D eigenvalue weighted by atomic mass is 32.1. The van der Waals surface area contributed by atoms with Crippen molar-refractivity contribution in [1.82, 2.24) is 4.57 Å². The summed E-state index contributed by atoms with van der Waals surface area (Å²) in [7, 11) is 1.40. The predicted molar refractivity (Wildman–Crippen MR) is 138 cm³/mol. The molecule has 2 heterocycles. The summed E-state index contributed by atoms with van der Waals surface area (Å²) < 4.78 is 17.4. The minimum absolute atomic E-state index is 0.110. The van der Waals surface area contributed by atoms with Crippen LogP contribution in [0.5, 0.6) is 11.5 Å². The molecular weight excluding hydrogens is 514 g/mol. The van der Waals surface area contributed by atoms with E-state index in [1.54, 1.807) is 44.2 Å². The normalized spacial score (nSPS) is 14.9. The fourth-order valence-electron chi connectivity index (χ4n) is 4.12. The number of fused-ring (bicyclic) bond motifs is 1. The average molecular weight is 538 g/mol. The van der Waals surface area contributed by atoms with Crippen LogP contribution in [0.3, 0.4) is 0 Å². The van der Waals surface area contributed by atoms with Gasteiger partial charge in [-0.05, 0) is 43.7 Å². The Morgan fingerprint density at radius 2 is 1.95 bits per heavy atom. The molecule has 0 saturated carbocycles. The SMILES string of the molecule is CCOC(=O)C1=C(C)N=c2s/c(=C/c3ccccc3[N+](=O)[O-])c(=O)n2[C@@H]1c1ccc(OC(C)=O)c(OC)c1. The fraction of sp³-hybridized carbons (Fsp3) is 0.231. The van der Waals surface area contributed by atoms with E-state index >= 15 is 0 Å². The van der Waals surface area contributed by atoms with Crippen LogP contribution in [0.4, 0.5) is 5.69 Å². The Kier molecular flexibility index (Phi) is 7.53. The first-order valence-corrected chi connectivity index (χ1v) is 12.3. The first kappa shape index (κ1) is 26.5. The molecule has 1 aliphatic rings. The van der Waals surface area contributed by atoms with Gasteiger partial charge in [-0.3, -0.25) is 24.3 Å². The van der Waals surface area contributed by atoms with E-state index in [1.165, 1.54) is 36.8 Å². The van der Waals surface area contributed by atoms with Crippen LogP contribution in [0.15, 0.2) is 63.5 Å². The molecule has 0 saturated heterocycles. The number of carbonyl (C=O) groups is 2. The summed E-state index contributed by atoms with van der Waals surface area (Å²) in [6.45, 7) is 4.68. The maximum Gasteiger partial charge on any atom is 0.338 e. The van der Waals surface area contributed by atoms with E-state index in [1.807, 2.05) is 0 Å². The van der Waals surface area contributed by atoms with Gasteiger partial charge in [-0.25, -0.2) is 9.79 Å². The Balaban J connectivity index is 1.98. The Hall–Kier alpha value is -4.58. The third kappa shape index (κ3) is 4.98. The van der Waals surface area contributed by atoms with Crippen molar-refractivity contribution in [2.75, 3.05) is 13.7 Å². The van der Waals surface area contributed by atoms with Crippen molar-refractivity contribution >= 4 is 35.0 Å². The quantitative estimate of drug-likeness (QED) is 0.194. The molecule has 4 rings (SSSR count). The van der Waals surface area contributed by atoms with Crippen LogP contribution < -0.4 is 24.4 Å². The molecule has 38 heavy (non-hydrogen) atoms. The van der Waals surface area contributed by atoms with Crippen LogP contribution in [0, 0.1) is 10.1 Å². The lowest BCUT2D eigenvalue weighted by Crippen LogP contribution is -2.40. The average Bonchev–Trinajstić information content (AvgIpc) is 3.17. The number of rotatable bonds is 7. The molecule has 0 aliphatic carbocycles. The molecule has 0 spiro atoms. The highest BCUT2D eigenvalue weighted by molar-refractivity contribution is 7.07. The van der Waals surface area contributed by atoms with Gasteiger partial charge in [-0.1, -0.05) is 29.5 Å². The smallest absolute Gasteiger partial charge is 0.338 e. The highest BCUT2D eigenvalue weighted by Crippen LogP contribution is 2.36. The first-order valence-electron chi connectivity index (χ1n) is 11.5. The number of para-hydroxylation sites is 1. The van der Waals surface area contributed by atoms with Gasteiger partial charge in [0.1, 0.15) is 0 Å². The zero-order chi connectivity index (χ0) is 27.6. The molecule has 0 fully saturated rings. The second-order valence-corrected chi connectivity index (χ2v) is 9.13. The van der Waals surface area contributed by atoms with Crippen LogP contribution in [-0.4, -0.2) is 35.1 Å². The molecule has 0 N–H and O–H groups in total. The van der Waals surface area contributed by atoms with E-state index in [9.17, 15) is 24.5 Å². The van der Waals surface area contributed by atoms with E-state index < -0.39 is 28.5 Å². The fourth-order valence-corrected chi connectivity index (χ4v) is 5.15. The molecule has 2 aromatic carbocycles. The number of hydrogen-bond acceptors (Lipinski definition) is 10. The van der Waals surface area contributed by atoms with Gasteiger partial charge < -0.3 is 14.2 Å². The van der Waals surface area contributed by atoms with Gasteiger partial charge in [-0.2, -0.15) is 0 Å². The lowest BCUT2D eigenvalue weighted by molar-refractivity contribution is -0.385. The topological polar surface area (TPSA) is 139 Å². The first-order chi connectivity index (χ1) is 18.2. The van der Waals surface area contributed by atoms with Crippen LogP contribution in [0.1, 0.15) is 37.9 Å². The summed E-state index contributed by atoms with van der Waals surface area (Å²) in [5.74, 6) is -0.791. The van der Waals surface area contributed by atoms with Crippen molar-refractivity contribution in [3.05, 3.63) is 94.7 Å². The van der Waals surface area contributed by atoms with E-state index in [4.69, 9.17) is 14.2 Å². The molecular formula is C26H23N3O8S. The zero-order valence-electron chi connectivity index (χ0n) is 20.9. The number of nitro benzene ring substituents is 1. The standard InChI is InChI=1S/C26H23N3O8S/c1-5-36-25(32)22-14(2)27-26-28(23(22)17-10-11-19(37-15(3)30)20(12-17)35-4)24(31)21(38-26)13-16-8-6-7-9-18(16)29(33)34/h6-13,23H,5H2,1-4H3/b21-13+/t23-/m1/s1. The summed E-state index contributed by atoms with van der Waals surface area (Å²) >= 11 is 1.05. The molecule has 1 aromatic heterocycles. The van der Waals surface area contributed by atoms with Gasteiger partial charge in [0.25, 0.3) is 11.2 Å². The van der Waals surface area contributed by atoms with E-state index in [0.29, 0.717) is 16.1 Å². The van der Waals surface area contributed by atoms with Gasteiger partial charge in [0, 0.05) is 13.0 Å². The summed E-state index contributed by atoms with van der Waals surface area (Å²) in [4.78, 5) is 54.1. The van der Waals surface area contributed by atoms with Crippen LogP contribution in [0.2, 0.25) is 0 Å². The lowest BCUT2D eigenvalue weighted by Gasteiger charge is -2.25. The number of methoxy groups -OCH3 is 1. The second kappa shape index (κ2) is 10.8. The van der Waals surface area contributed by atoms with Crippen molar-refractivity contribution in [1.29, 1.82) is 0 Å². The van der Waals surface area contributed by atoms with E-state index in [-0.39, 0.29) is 39.5 Å². The van der Waals surface area contributed by atoms with Crippen molar-refractivity contribution in [3.63, 3.8) is 0 Å². The number of benzene rings is 2. The number of allylic oxidation sites excluding steroid dienone is 1. The van der Waals surface area contributed by atoms with Crippen LogP contribution in [-0.2, 0) is 14.3 Å². The van der Waals surface area contributed by atoms with Gasteiger partial charge >= 0.3 is 11.9 Å². The number of thiazole rings is 1. The minimum Gasteiger partial charge on any atom is -0.493 e. The molecule has 0 unspecified atom stereocenters. The maximum absolute atomic E-state index is 13.7. The second-order valence-electron chi connectivity index (χ2n) is 8.12. The molecule has 0 bridgehead atoms. The zero-order valence-corrected chi connectivity index (χ0v) is 21.7. The summed E-state index contributed by atoms with van der Waals surface area (Å²) in [6, 6.07) is 9.82. The Morgan fingerprint density at radius 3 is 2.61 bits per heavy atom. The van der Waals surface area contributed by atoms with Crippen molar-refractivity contribution in [2.45, 2.75) is 26.8 Å². The molecule has 1 atom stereocenters.